The third-order valence-electron chi connectivity index (χ3n) is 3.44. The smallest absolute Gasteiger partial charge is 0.321 e. The minimum atomic E-state index is -4.58. The minimum Gasteiger partial charge on any atom is -0.321 e. The molecule has 5 nitrogen and oxygen atoms in total. The van der Waals surface area contributed by atoms with E-state index in [4.69, 9.17) is 11.6 Å². The van der Waals surface area contributed by atoms with Gasteiger partial charge in [0.15, 0.2) is 0 Å². The van der Waals surface area contributed by atoms with E-state index in [1.54, 1.807) is 0 Å². The second-order valence-corrected chi connectivity index (χ2v) is 8.02. The van der Waals surface area contributed by atoms with Crippen LogP contribution >= 0.6 is 11.6 Å². The number of nitrogens with zero attached hydrogens (tertiary/aromatic N) is 1. The van der Waals surface area contributed by atoms with Gasteiger partial charge < -0.3 is 5.32 Å². The first kappa shape index (κ1) is 20.2. The summed E-state index contributed by atoms with van der Waals surface area (Å²) in [6.45, 7) is 0. The van der Waals surface area contributed by atoms with Gasteiger partial charge in [0.05, 0.1) is 21.2 Å². The lowest BCUT2D eigenvalue weighted by Gasteiger charge is -2.13. The van der Waals surface area contributed by atoms with Crippen molar-refractivity contribution in [2.24, 2.45) is 0 Å². The topological polar surface area (TPSA) is 66.5 Å². The number of carbonyl (C=O) groups excluding carboxylic acids is 1. The summed E-state index contributed by atoms with van der Waals surface area (Å²) in [5.74, 6) is -0.722. The molecule has 0 aliphatic carbocycles. The molecule has 2 rings (SSSR count). The third kappa shape index (κ3) is 4.35. The maximum atomic E-state index is 12.8. The van der Waals surface area contributed by atoms with Gasteiger partial charge in [-0.25, -0.2) is 12.7 Å². The Morgan fingerprint density at radius 3 is 2.15 bits per heavy atom. The molecule has 0 radical (unpaired) electrons. The van der Waals surface area contributed by atoms with Crippen LogP contribution in [0, 0.1) is 0 Å². The maximum absolute atomic E-state index is 12.8. The van der Waals surface area contributed by atoms with Crippen LogP contribution in [-0.4, -0.2) is 32.7 Å². The van der Waals surface area contributed by atoms with E-state index >= 15 is 0 Å². The number of hydrogen-bond donors (Lipinski definition) is 1. The summed E-state index contributed by atoms with van der Waals surface area (Å²) in [7, 11) is -0.918. The van der Waals surface area contributed by atoms with Gasteiger partial charge in [0, 0.05) is 19.7 Å². The minimum absolute atomic E-state index is 0.0175. The summed E-state index contributed by atoms with van der Waals surface area (Å²) >= 11 is 5.83. The summed E-state index contributed by atoms with van der Waals surface area (Å²) in [4.78, 5) is 12.2. The molecule has 1 amide bonds. The zero-order valence-corrected chi connectivity index (χ0v) is 15.2. The molecule has 2 aromatic carbocycles. The van der Waals surface area contributed by atoms with E-state index in [0.717, 1.165) is 22.5 Å². The summed E-state index contributed by atoms with van der Waals surface area (Å²) in [5.41, 5.74) is -1.09. The van der Waals surface area contributed by atoms with Crippen molar-refractivity contribution >= 4 is 33.2 Å². The Morgan fingerprint density at radius 2 is 1.65 bits per heavy atom. The van der Waals surface area contributed by atoms with Gasteiger partial charge in [0.25, 0.3) is 5.91 Å². The summed E-state index contributed by atoms with van der Waals surface area (Å²) in [5, 5.41) is 2.23. The molecule has 10 heteroatoms. The zero-order chi connectivity index (χ0) is 19.7. The Hall–Kier alpha value is -2.10. The molecule has 0 fully saturated rings. The van der Waals surface area contributed by atoms with Crippen LogP contribution in [0.2, 0.25) is 5.02 Å². The van der Waals surface area contributed by atoms with Crippen molar-refractivity contribution in [1.29, 1.82) is 0 Å². The number of benzene rings is 2. The van der Waals surface area contributed by atoms with Crippen molar-refractivity contribution in [3.63, 3.8) is 0 Å². The van der Waals surface area contributed by atoms with Crippen molar-refractivity contribution < 1.29 is 26.4 Å². The van der Waals surface area contributed by atoms with Crippen LogP contribution in [0.3, 0.4) is 0 Å². The Balaban J connectivity index is 2.26. The first-order valence-electron chi connectivity index (χ1n) is 7.13. The number of anilines is 1. The monoisotopic (exact) mass is 406 g/mol. The van der Waals surface area contributed by atoms with E-state index in [0.29, 0.717) is 0 Å². The Morgan fingerprint density at radius 1 is 1.08 bits per heavy atom. The fraction of sp³-hybridized carbons (Fsp3) is 0.188. The molecular formula is C16H14ClF3N2O3S. The third-order valence-corrected chi connectivity index (χ3v) is 5.60. The summed E-state index contributed by atoms with van der Waals surface area (Å²) in [6, 6.07) is 7.55. The molecule has 0 unspecified atom stereocenters. The number of amides is 1. The highest BCUT2D eigenvalue weighted by Crippen LogP contribution is 2.34. The lowest BCUT2D eigenvalue weighted by atomic mass is 10.1. The molecule has 0 spiro atoms. The van der Waals surface area contributed by atoms with Crippen molar-refractivity contribution in [1.82, 2.24) is 4.31 Å². The van der Waals surface area contributed by atoms with Gasteiger partial charge in [-0.3, -0.25) is 4.79 Å². The van der Waals surface area contributed by atoms with Crippen LogP contribution in [0.5, 0.6) is 0 Å². The van der Waals surface area contributed by atoms with Gasteiger partial charge in [0.2, 0.25) is 10.0 Å². The van der Waals surface area contributed by atoms with E-state index in [9.17, 15) is 26.4 Å². The number of alkyl halides is 3. The fourth-order valence-corrected chi connectivity index (χ4v) is 3.05. The molecular weight excluding hydrogens is 393 g/mol. The fourth-order valence-electron chi connectivity index (χ4n) is 1.98. The lowest BCUT2D eigenvalue weighted by Crippen LogP contribution is -2.22. The lowest BCUT2D eigenvalue weighted by molar-refractivity contribution is -0.137. The Bertz CT molecular complexity index is 927. The molecule has 26 heavy (non-hydrogen) atoms. The summed E-state index contributed by atoms with van der Waals surface area (Å²) < 4.78 is 63.3. The molecule has 0 bridgehead atoms. The van der Waals surface area contributed by atoms with Crippen LogP contribution in [0.25, 0.3) is 0 Å². The average molecular weight is 407 g/mol. The van der Waals surface area contributed by atoms with Crippen molar-refractivity contribution in [2.75, 3.05) is 19.4 Å². The predicted molar refractivity (Wildman–Crippen MR) is 91.7 cm³/mol. The number of rotatable bonds is 4. The van der Waals surface area contributed by atoms with Crippen LogP contribution in [-0.2, 0) is 16.2 Å². The molecule has 2 aromatic rings. The molecule has 0 heterocycles. The molecule has 0 saturated carbocycles. The molecule has 0 saturated heterocycles. The highest BCUT2D eigenvalue weighted by atomic mass is 35.5. The molecule has 0 atom stereocenters. The van der Waals surface area contributed by atoms with Crippen LogP contribution in [0.15, 0.2) is 47.4 Å². The van der Waals surface area contributed by atoms with Gasteiger partial charge in [-0.05, 0) is 42.5 Å². The predicted octanol–water partition coefficient (Wildman–Crippen LogP) is 3.86. The van der Waals surface area contributed by atoms with Crippen LogP contribution < -0.4 is 5.32 Å². The number of nitrogens with one attached hydrogen (secondary N) is 1. The van der Waals surface area contributed by atoms with Gasteiger partial charge in [0.1, 0.15) is 0 Å². The number of sulfonamides is 1. The quantitative estimate of drug-likeness (QED) is 0.838. The standard InChI is InChI=1S/C16H14ClF3N2O3S/c1-22(2)26(24,25)12-6-3-10(4-7-12)15(23)21-14-9-11(16(18,19)20)5-8-13(14)17/h3-9H,1-2H3,(H,21,23). The van der Waals surface area contributed by atoms with E-state index in [-0.39, 0.29) is 21.2 Å². The van der Waals surface area contributed by atoms with Crippen molar-refractivity contribution in [3.8, 4) is 0 Å². The molecule has 0 aliphatic heterocycles. The second kappa shape index (κ2) is 7.26. The first-order chi connectivity index (χ1) is 11.9. The Labute approximate surface area is 153 Å². The van der Waals surface area contributed by atoms with Gasteiger partial charge >= 0.3 is 6.18 Å². The molecule has 0 aromatic heterocycles. The molecule has 1 N–H and O–H groups in total. The second-order valence-electron chi connectivity index (χ2n) is 5.46. The van der Waals surface area contributed by atoms with Crippen LogP contribution in [0.1, 0.15) is 15.9 Å². The zero-order valence-electron chi connectivity index (χ0n) is 13.6. The maximum Gasteiger partial charge on any atom is 0.416 e. The van der Waals surface area contributed by atoms with Crippen molar-refractivity contribution in [2.45, 2.75) is 11.1 Å². The highest BCUT2D eigenvalue weighted by Gasteiger charge is 2.31. The average Bonchev–Trinajstić information content (AvgIpc) is 2.55. The number of carbonyl (C=O) groups is 1. The van der Waals surface area contributed by atoms with E-state index < -0.39 is 27.7 Å². The van der Waals surface area contributed by atoms with Gasteiger partial charge in [-0.2, -0.15) is 13.2 Å². The van der Waals surface area contributed by atoms with E-state index in [1.807, 2.05) is 0 Å². The number of hydrogen-bond acceptors (Lipinski definition) is 3. The largest absolute Gasteiger partial charge is 0.416 e. The summed E-state index contributed by atoms with van der Waals surface area (Å²) in [6.07, 6.45) is -4.58. The van der Waals surface area contributed by atoms with E-state index in [1.165, 1.54) is 38.4 Å². The molecule has 140 valence electrons. The van der Waals surface area contributed by atoms with Crippen LogP contribution in [0.4, 0.5) is 18.9 Å². The molecule has 0 aliphatic rings. The highest BCUT2D eigenvalue weighted by molar-refractivity contribution is 7.89. The normalized spacial score (nSPS) is 12.3. The van der Waals surface area contributed by atoms with Crippen molar-refractivity contribution in [3.05, 3.63) is 58.6 Å². The Kier molecular flexibility index (Phi) is 5.64. The first-order valence-corrected chi connectivity index (χ1v) is 8.95. The number of halogens is 4. The van der Waals surface area contributed by atoms with Gasteiger partial charge in [-0.15, -0.1) is 0 Å². The van der Waals surface area contributed by atoms with E-state index in [2.05, 4.69) is 5.32 Å². The van der Waals surface area contributed by atoms with Gasteiger partial charge in [-0.1, -0.05) is 11.6 Å². The SMILES string of the molecule is CN(C)S(=O)(=O)c1ccc(C(=O)Nc2cc(C(F)(F)F)ccc2Cl)cc1.